The van der Waals surface area contributed by atoms with E-state index in [4.69, 9.17) is 0 Å². The summed E-state index contributed by atoms with van der Waals surface area (Å²) in [6.45, 7) is 0.245. The van der Waals surface area contributed by atoms with Crippen molar-refractivity contribution in [2.45, 2.75) is 37.6 Å². The van der Waals surface area contributed by atoms with Gasteiger partial charge in [0, 0.05) is 11.8 Å². The van der Waals surface area contributed by atoms with E-state index in [9.17, 15) is 9.59 Å². The van der Waals surface area contributed by atoms with E-state index in [0.29, 0.717) is 5.56 Å². The summed E-state index contributed by atoms with van der Waals surface area (Å²) in [7, 11) is 0. The van der Waals surface area contributed by atoms with Crippen LogP contribution in [0.1, 0.15) is 47.3 Å². The van der Waals surface area contributed by atoms with Gasteiger partial charge in [-0.2, -0.15) is 0 Å². The predicted octanol–water partition coefficient (Wildman–Crippen LogP) is 3.08. The fourth-order valence-electron chi connectivity index (χ4n) is 3.96. The first-order valence-electron chi connectivity index (χ1n) is 8.08. The van der Waals surface area contributed by atoms with Gasteiger partial charge in [0.15, 0.2) is 0 Å². The summed E-state index contributed by atoms with van der Waals surface area (Å²) in [6.07, 6.45) is 5.41. The molecule has 0 unspecified atom stereocenters. The number of carbonyl (C=O) groups excluding carboxylic acids is 2. The molecule has 1 aromatic carbocycles. The van der Waals surface area contributed by atoms with E-state index in [1.54, 1.807) is 6.20 Å². The van der Waals surface area contributed by atoms with Gasteiger partial charge in [-0.05, 0) is 36.6 Å². The molecule has 0 atom stereocenters. The van der Waals surface area contributed by atoms with E-state index >= 15 is 0 Å². The van der Waals surface area contributed by atoms with Crippen LogP contribution < -0.4 is 0 Å². The third-order valence-electron chi connectivity index (χ3n) is 5.08. The highest BCUT2D eigenvalue weighted by molar-refractivity contribution is 6.13. The Hall–Kier alpha value is -2.49. The number of rotatable bonds is 2. The number of hydrogen-bond donors (Lipinski definition) is 0. The molecular formula is C19H18N2O2. The smallest absolute Gasteiger partial charge is 0.261 e. The monoisotopic (exact) mass is 306 g/mol. The van der Waals surface area contributed by atoms with E-state index in [1.165, 1.54) is 4.90 Å². The molecule has 4 nitrogen and oxygen atoms in total. The fraction of sp³-hybridized carbons (Fsp3) is 0.316. The zero-order chi connectivity index (χ0) is 15.9. The molecule has 0 N–H and O–H groups in total. The second-order valence-corrected chi connectivity index (χ2v) is 6.35. The maximum atomic E-state index is 13.2. The molecule has 0 bridgehead atoms. The number of amides is 2. The van der Waals surface area contributed by atoms with Gasteiger partial charge in [-0.25, -0.2) is 0 Å². The third-order valence-corrected chi connectivity index (χ3v) is 5.08. The van der Waals surface area contributed by atoms with E-state index < -0.39 is 5.41 Å². The van der Waals surface area contributed by atoms with Gasteiger partial charge in [0.05, 0.1) is 17.7 Å². The van der Waals surface area contributed by atoms with Gasteiger partial charge in [-0.1, -0.05) is 37.1 Å². The van der Waals surface area contributed by atoms with Crippen LogP contribution in [0, 0.1) is 0 Å². The summed E-state index contributed by atoms with van der Waals surface area (Å²) < 4.78 is 0. The van der Waals surface area contributed by atoms with Crippen molar-refractivity contribution in [2.24, 2.45) is 0 Å². The molecule has 1 saturated carbocycles. The van der Waals surface area contributed by atoms with Crippen molar-refractivity contribution < 1.29 is 9.59 Å². The quantitative estimate of drug-likeness (QED) is 0.801. The lowest BCUT2D eigenvalue weighted by molar-refractivity contribution is -0.136. The minimum atomic E-state index is -0.515. The van der Waals surface area contributed by atoms with Crippen LogP contribution in [0.3, 0.4) is 0 Å². The number of nitrogens with zero attached hydrogens (tertiary/aromatic N) is 2. The zero-order valence-electron chi connectivity index (χ0n) is 12.9. The van der Waals surface area contributed by atoms with Gasteiger partial charge in [0.2, 0.25) is 5.91 Å². The van der Waals surface area contributed by atoms with Crippen molar-refractivity contribution in [3.05, 3.63) is 65.5 Å². The Morgan fingerprint density at radius 3 is 2.48 bits per heavy atom. The highest BCUT2D eigenvalue weighted by Crippen LogP contribution is 2.46. The lowest BCUT2D eigenvalue weighted by atomic mass is 9.72. The van der Waals surface area contributed by atoms with Crippen LogP contribution in [0.25, 0.3) is 0 Å². The first kappa shape index (κ1) is 14.1. The van der Waals surface area contributed by atoms with E-state index in [1.807, 2.05) is 42.5 Å². The number of aromatic nitrogens is 1. The average Bonchev–Trinajstić information content (AvgIpc) is 3.09. The number of fused-ring (bicyclic) bond motifs is 2. The van der Waals surface area contributed by atoms with Crippen LogP contribution in [0.15, 0.2) is 48.7 Å². The maximum absolute atomic E-state index is 13.2. The van der Waals surface area contributed by atoms with Crippen LogP contribution in [0.5, 0.6) is 0 Å². The molecule has 4 heteroatoms. The molecule has 23 heavy (non-hydrogen) atoms. The lowest BCUT2D eigenvalue weighted by Crippen LogP contribution is -2.52. The average molecular weight is 306 g/mol. The van der Waals surface area contributed by atoms with Crippen LogP contribution in [-0.4, -0.2) is 21.7 Å². The second kappa shape index (κ2) is 5.30. The van der Waals surface area contributed by atoms with Gasteiger partial charge in [0.25, 0.3) is 5.91 Å². The van der Waals surface area contributed by atoms with Crippen molar-refractivity contribution in [3.8, 4) is 0 Å². The molecule has 1 aliphatic heterocycles. The largest absolute Gasteiger partial charge is 0.273 e. The van der Waals surface area contributed by atoms with E-state index in [0.717, 1.165) is 36.9 Å². The molecule has 116 valence electrons. The zero-order valence-corrected chi connectivity index (χ0v) is 12.9. The van der Waals surface area contributed by atoms with E-state index in [-0.39, 0.29) is 18.4 Å². The Bertz CT molecular complexity index is 764. The third kappa shape index (κ3) is 2.09. The molecule has 1 aromatic heterocycles. The van der Waals surface area contributed by atoms with Gasteiger partial charge in [0.1, 0.15) is 0 Å². The Kier molecular flexibility index (Phi) is 3.26. The highest BCUT2D eigenvalue weighted by Gasteiger charge is 2.51. The molecule has 1 fully saturated rings. The van der Waals surface area contributed by atoms with Crippen LogP contribution in [-0.2, 0) is 16.8 Å². The molecule has 0 radical (unpaired) electrons. The topological polar surface area (TPSA) is 50.3 Å². The van der Waals surface area contributed by atoms with Crippen molar-refractivity contribution in [1.29, 1.82) is 0 Å². The molecule has 2 aromatic rings. The Morgan fingerprint density at radius 1 is 1.00 bits per heavy atom. The molecule has 2 aliphatic rings. The Balaban J connectivity index is 1.80. The van der Waals surface area contributed by atoms with Gasteiger partial charge in [-0.15, -0.1) is 0 Å². The fourth-order valence-corrected chi connectivity index (χ4v) is 3.96. The number of carbonyl (C=O) groups is 2. The molecule has 4 rings (SSSR count). The van der Waals surface area contributed by atoms with Crippen molar-refractivity contribution >= 4 is 11.8 Å². The van der Waals surface area contributed by atoms with Gasteiger partial charge < -0.3 is 0 Å². The van der Waals surface area contributed by atoms with Crippen LogP contribution in [0.2, 0.25) is 0 Å². The number of imide groups is 1. The van der Waals surface area contributed by atoms with Crippen molar-refractivity contribution in [1.82, 2.24) is 9.88 Å². The first-order chi connectivity index (χ1) is 11.2. The second-order valence-electron chi connectivity index (χ2n) is 6.35. The highest BCUT2D eigenvalue weighted by atomic mass is 16.2. The molecule has 1 spiro atoms. The summed E-state index contributed by atoms with van der Waals surface area (Å²) >= 11 is 0. The summed E-state index contributed by atoms with van der Waals surface area (Å²) in [5.41, 5.74) is 1.82. The van der Waals surface area contributed by atoms with Crippen molar-refractivity contribution in [2.75, 3.05) is 0 Å². The van der Waals surface area contributed by atoms with Crippen molar-refractivity contribution in [3.63, 3.8) is 0 Å². The number of benzene rings is 1. The Labute approximate surface area is 135 Å². The minimum Gasteiger partial charge on any atom is -0.273 e. The predicted molar refractivity (Wildman–Crippen MR) is 85.7 cm³/mol. The van der Waals surface area contributed by atoms with E-state index in [2.05, 4.69) is 4.98 Å². The number of hydrogen-bond acceptors (Lipinski definition) is 3. The van der Waals surface area contributed by atoms with Crippen LogP contribution >= 0.6 is 0 Å². The summed E-state index contributed by atoms with van der Waals surface area (Å²) in [6, 6.07) is 13.1. The standard InChI is InChI=1S/C19H18N2O2/c22-17-15-8-1-2-9-16(15)19(10-4-5-11-19)18(23)21(17)13-14-7-3-6-12-20-14/h1-3,6-9,12H,4-5,10-11,13H2. The molecule has 2 amide bonds. The molecule has 2 heterocycles. The van der Waals surface area contributed by atoms with Gasteiger partial charge in [-0.3, -0.25) is 19.5 Å². The summed E-state index contributed by atoms with van der Waals surface area (Å²) in [5.74, 6) is -0.252. The molecular weight excluding hydrogens is 288 g/mol. The van der Waals surface area contributed by atoms with Gasteiger partial charge >= 0.3 is 0 Å². The lowest BCUT2D eigenvalue weighted by Gasteiger charge is -2.39. The summed E-state index contributed by atoms with van der Waals surface area (Å²) in [5, 5.41) is 0. The normalized spacial score (nSPS) is 19.2. The minimum absolute atomic E-state index is 0.0515. The SMILES string of the molecule is O=C1c2ccccc2C2(CCCC2)C(=O)N1Cc1ccccn1. The Morgan fingerprint density at radius 2 is 1.74 bits per heavy atom. The molecule has 1 aliphatic carbocycles. The number of pyridine rings is 1. The maximum Gasteiger partial charge on any atom is 0.261 e. The summed E-state index contributed by atoms with van der Waals surface area (Å²) in [4.78, 5) is 31.7. The van der Waals surface area contributed by atoms with Crippen LogP contribution in [0.4, 0.5) is 0 Å². The first-order valence-corrected chi connectivity index (χ1v) is 8.08. The molecule has 0 saturated heterocycles.